The van der Waals surface area contributed by atoms with Crippen LogP contribution >= 0.6 is 11.8 Å². The summed E-state index contributed by atoms with van der Waals surface area (Å²) >= 11 is 1.34. The second-order valence-corrected chi connectivity index (χ2v) is 11.2. The summed E-state index contributed by atoms with van der Waals surface area (Å²) in [4.78, 5) is 12.9. The van der Waals surface area contributed by atoms with E-state index in [1.165, 1.54) is 16.1 Å². The number of hydrogen-bond acceptors (Lipinski definition) is 5. The van der Waals surface area contributed by atoms with Crippen molar-refractivity contribution in [1.29, 1.82) is 0 Å². The number of nitrogens with zero attached hydrogens (tertiary/aromatic N) is 1. The molecule has 1 atom stereocenters. The molecule has 1 aliphatic rings. The number of amides is 1. The van der Waals surface area contributed by atoms with Crippen LogP contribution in [-0.4, -0.2) is 36.3 Å². The predicted molar refractivity (Wildman–Crippen MR) is 118 cm³/mol. The van der Waals surface area contributed by atoms with Gasteiger partial charge in [-0.15, -0.1) is 11.8 Å². The summed E-state index contributed by atoms with van der Waals surface area (Å²) in [7, 11) is -3.75. The van der Waals surface area contributed by atoms with Crippen LogP contribution in [0.1, 0.15) is 31.9 Å². The number of rotatable bonds is 5. The first kappa shape index (κ1) is 21.7. The third kappa shape index (κ3) is 4.94. The van der Waals surface area contributed by atoms with Crippen molar-refractivity contribution < 1.29 is 13.2 Å². The smallest absolute Gasteiger partial charge is 0.249 e. The van der Waals surface area contributed by atoms with Crippen molar-refractivity contribution in [2.75, 3.05) is 18.0 Å². The van der Waals surface area contributed by atoms with Gasteiger partial charge in [0, 0.05) is 24.5 Å². The van der Waals surface area contributed by atoms with Crippen molar-refractivity contribution in [3.8, 4) is 0 Å². The van der Waals surface area contributed by atoms with Gasteiger partial charge in [0.1, 0.15) is 5.37 Å². The SMILES string of the molecule is CC(C)(C)c1ccc(S(=O)(=O)N2CCSC2C(=O)NCc2cccc(N)c2)cc1. The zero-order valence-electron chi connectivity index (χ0n) is 16.9. The number of sulfonamides is 1. The summed E-state index contributed by atoms with van der Waals surface area (Å²) in [6.45, 7) is 6.84. The molecule has 0 radical (unpaired) electrons. The topological polar surface area (TPSA) is 92.5 Å². The quantitative estimate of drug-likeness (QED) is 0.707. The molecular formula is C21H27N3O3S2. The number of thioether (sulfide) groups is 1. The lowest BCUT2D eigenvalue weighted by atomic mass is 9.87. The fourth-order valence-corrected chi connectivity index (χ4v) is 6.25. The Labute approximate surface area is 176 Å². The second kappa shape index (κ2) is 8.38. The first-order chi connectivity index (χ1) is 13.6. The fraction of sp³-hybridized carbons (Fsp3) is 0.381. The number of nitrogens with one attached hydrogen (secondary N) is 1. The van der Waals surface area contributed by atoms with Gasteiger partial charge in [-0.05, 0) is 40.8 Å². The third-order valence-electron chi connectivity index (χ3n) is 4.82. The van der Waals surface area contributed by atoms with Crippen LogP contribution < -0.4 is 11.1 Å². The summed E-state index contributed by atoms with van der Waals surface area (Å²) in [5.74, 6) is 0.264. The minimum absolute atomic E-state index is 0.0605. The van der Waals surface area contributed by atoms with Gasteiger partial charge in [0.15, 0.2) is 0 Å². The highest BCUT2D eigenvalue weighted by Crippen LogP contribution is 2.31. The Bertz CT molecular complexity index is 983. The van der Waals surface area contributed by atoms with Crippen LogP contribution in [-0.2, 0) is 26.8 Å². The van der Waals surface area contributed by atoms with E-state index in [1.54, 1.807) is 24.3 Å². The van der Waals surface area contributed by atoms with Gasteiger partial charge in [0.2, 0.25) is 15.9 Å². The summed E-state index contributed by atoms with van der Waals surface area (Å²) in [5.41, 5.74) is 8.25. The van der Waals surface area contributed by atoms with Gasteiger partial charge in [-0.2, -0.15) is 4.31 Å². The maximum absolute atomic E-state index is 13.1. The number of nitrogen functional groups attached to an aromatic ring is 1. The van der Waals surface area contributed by atoms with Crippen LogP contribution in [0.15, 0.2) is 53.4 Å². The van der Waals surface area contributed by atoms with Crippen LogP contribution in [0.5, 0.6) is 0 Å². The van der Waals surface area contributed by atoms with Crippen molar-refractivity contribution in [2.45, 2.75) is 43.0 Å². The van der Waals surface area contributed by atoms with Crippen molar-refractivity contribution >= 4 is 33.4 Å². The molecule has 1 heterocycles. The highest BCUT2D eigenvalue weighted by atomic mass is 32.2. The van der Waals surface area contributed by atoms with E-state index >= 15 is 0 Å². The summed E-state index contributed by atoms with van der Waals surface area (Å²) in [6.07, 6.45) is 0. The standard InChI is InChI=1S/C21H27N3O3S2/c1-21(2,3)16-7-9-18(10-8-16)29(26,27)24-11-12-28-20(24)19(25)23-14-15-5-4-6-17(22)13-15/h4-10,13,20H,11-12,14,22H2,1-3H3,(H,23,25). The summed E-state index contributed by atoms with van der Waals surface area (Å²) in [5, 5.41) is 2.05. The monoisotopic (exact) mass is 433 g/mol. The van der Waals surface area contributed by atoms with Crippen molar-refractivity contribution in [1.82, 2.24) is 9.62 Å². The molecule has 1 fully saturated rings. The average molecular weight is 434 g/mol. The molecular weight excluding hydrogens is 406 g/mol. The lowest BCUT2D eigenvalue weighted by Crippen LogP contribution is -2.44. The number of benzene rings is 2. The Morgan fingerprint density at radius 1 is 1.21 bits per heavy atom. The Balaban J connectivity index is 1.74. The largest absolute Gasteiger partial charge is 0.399 e. The Kier molecular flexibility index (Phi) is 6.26. The van der Waals surface area contributed by atoms with Crippen LogP contribution in [0.2, 0.25) is 0 Å². The molecule has 1 saturated heterocycles. The minimum atomic E-state index is -3.75. The number of anilines is 1. The highest BCUT2D eigenvalue weighted by molar-refractivity contribution is 8.02. The molecule has 0 spiro atoms. The zero-order chi connectivity index (χ0) is 21.2. The lowest BCUT2D eigenvalue weighted by Gasteiger charge is -2.23. The van der Waals surface area contributed by atoms with E-state index in [2.05, 4.69) is 26.1 Å². The van der Waals surface area contributed by atoms with Crippen molar-refractivity contribution in [3.05, 3.63) is 59.7 Å². The molecule has 6 nitrogen and oxygen atoms in total. The van der Waals surface area contributed by atoms with E-state index in [0.717, 1.165) is 11.1 Å². The van der Waals surface area contributed by atoms with Crippen molar-refractivity contribution in [3.63, 3.8) is 0 Å². The van der Waals surface area contributed by atoms with E-state index in [9.17, 15) is 13.2 Å². The fourth-order valence-electron chi connectivity index (χ4n) is 3.15. The van der Waals surface area contributed by atoms with Gasteiger partial charge in [-0.1, -0.05) is 45.0 Å². The lowest BCUT2D eigenvalue weighted by molar-refractivity contribution is -0.122. The van der Waals surface area contributed by atoms with Gasteiger partial charge in [0.05, 0.1) is 4.90 Å². The van der Waals surface area contributed by atoms with E-state index < -0.39 is 15.4 Å². The number of nitrogens with two attached hydrogens (primary N) is 1. The van der Waals surface area contributed by atoms with E-state index in [1.807, 2.05) is 24.3 Å². The van der Waals surface area contributed by atoms with Gasteiger partial charge < -0.3 is 11.1 Å². The van der Waals surface area contributed by atoms with Gasteiger partial charge in [-0.25, -0.2) is 8.42 Å². The molecule has 3 rings (SSSR count). The van der Waals surface area contributed by atoms with Gasteiger partial charge in [0.25, 0.3) is 0 Å². The molecule has 0 aromatic heterocycles. The van der Waals surface area contributed by atoms with E-state index in [4.69, 9.17) is 5.73 Å². The third-order valence-corrected chi connectivity index (χ3v) is 8.03. The molecule has 1 amide bonds. The molecule has 29 heavy (non-hydrogen) atoms. The Hall–Kier alpha value is -2.03. The minimum Gasteiger partial charge on any atom is -0.399 e. The molecule has 0 bridgehead atoms. The first-order valence-electron chi connectivity index (χ1n) is 9.45. The normalized spacial score (nSPS) is 18.0. The molecule has 156 valence electrons. The molecule has 8 heteroatoms. The number of carbonyl (C=O) groups excluding carboxylic acids is 1. The molecule has 2 aromatic rings. The Morgan fingerprint density at radius 2 is 1.90 bits per heavy atom. The van der Waals surface area contributed by atoms with Gasteiger partial charge >= 0.3 is 0 Å². The van der Waals surface area contributed by atoms with Crippen LogP contribution in [0.25, 0.3) is 0 Å². The molecule has 3 N–H and O–H groups in total. The molecule has 1 unspecified atom stereocenters. The number of carbonyl (C=O) groups is 1. The van der Waals surface area contributed by atoms with E-state index in [-0.39, 0.29) is 16.2 Å². The first-order valence-corrected chi connectivity index (χ1v) is 11.9. The van der Waals surface area contributed by atoms with Crippen LogP contribution in [0.3, 0.4) is 0 Å². The zero-order valence-corrected chi connectivity index (χ0v) is 18.5. The highest BCUT2D eigenvalue weighted by Gasteiger charge is 2.40. The molecule has 0 aliphatic carbocycles. The molecule has 1 aliphatic heterocycles. The summed E-state index contributed by atoms with van der Waals surface area (Å²) < 4.78 is 27.6. The summed E-state index contributed by atoms with van der Waals surface area (Å²) in [6, 6.07) is 14.2. The van der Waals surface area contributed by atoms with Crippen LogP contribution in [0, 0.1) is 0 Å². The predicted octanol–water partition coefficient (Wildman–Crippen LogP) is 2.95. The molecule has 0 saturated carbocycles. The molecule has 2 aromatic carbocycles. The second-order valence-electron chi connectivity index (χ2n) is 8.08. The average Bonchev–Trinajstić information content (AvgIpc) is 3.16. The number of hydrogen-bond donors (Lipinski definition) is 2. The Morgan fingerprint density at radius 3 is 2.52 bits per heavy atom. The van der Waals surface area contributed by atoms with Crippen molar-refractivity contribution in [2.24, 2.45) is 0 Å². The van der Waals surface area contributed by atoms with Gasteiger partial charge in [-0.3, -0.25) is 4.79 Å². The maximum Gasteiger partial charge on any atom is 0.249 e. The van der Waals surface area contributed by atoms with Crippen LogP contribution in [0.4, 0.5) is 5.69 Å². The van der Waals surface area contributed by atoms with E-state index in [0.29, 0.717) is 24.5 Å². The maximum atomic E-state index is 13.1.